The molecule has 2 aromatic heterocycles. The Morgan fingerprint density at radius 2 is 2.00 bits per heavy atom. The predicted molar refractivity (Wildman–Crippen MR) is 83.1 cm³/mol. The maximum Gasteiger partial charge on any atom is 0.246 e. The van der Waals surface area contributed by atoms with E-state index in [1.807, 2.05) is 18.1 Å². The van der Waals surface area contributed by atoms with Crippen LogP contribution in [0.15, 0.2) is 37.1 Å². The van der Waals surface area contributed by atoms with Gasteiger partial charge in [0.1, 0.15) is 5.82 Å². The van der Waals surface area contributed by atoms with Crippen LogP contribution in [0.3, 0.4) is 0 Å². The first-order valence-electron chi connectivity index (χ1n) is 7.19. The summed E-state index contributed by atoms with van der Waals surface area (Å²) in [6.07, 6.45) is 12.1. The van der Waals surface area contributed by atoms with Gasteiger partial charge in [-0.1, -0.05) is 0 Å². The summed E-state index contributed by atoms with van der Waals surface area (Å²) in [6, 6.07) is 0. The van der Waals surface area contributed by atoms with Crippen LogP contribution in [-0.2, 0) is 11.8 Å². The Balaban J connectivity index is 1.55. The molecule has 1 aliphatic rings. The number of carbonyl (C=O) groups is 1. The summed E-state index contributed by atoms with van der Waals surface area (Å²) in [4.78, 5) is 24.5. The Hall–Kier alpha value is -2.70. The van der Waals surface area contributed by atoms with E-state index in [4.69, 9.17) is 0 Å². The average molecular weight is 298 g/mol. The first-order chi connectivity index (χ1) is 10.7. The molecule has 22 heavy (non-hydrogen) atoms. The van der Waals surface area contributed by atoms with Crippen molar-refractivity contribution < 1.29 is 4.79 Å². The summed E-state index contributed by atoms with van der Waals surface area (Å²) in [6.45, 7) is 2.91. The fourth-order valence-corrected chi connectivity index (χ4v) is 2.41. The normalized spacial score (nSPS) is 15.5. The zero-order valence-electron chi connectivity index (χ0n) is 12.5. The van der Waals surface area contributed by atoms with Crippen LogP contribution in [0.5, 0.6) is 0 Å². The molecule has 7 heteroatoms. The molecular weight excluding hydrogens is 280 g/mol. The van der Waals surface area contributed by atoms with Crippen LogP contribution in [0, 0.1) is 0 Å². The number of nitrogens with zero attached hydrogens (tertiary/aromatic N) is 6. The Morgan fingerprint density at radius 3 is 2.64 bits per heavy atom. The summed E-state index contributed by atoms with van der Waals surface area (Å²) in [5.41, 5.74) is 0.925. The van der Waals surface area contributed by atoms with Gasteiger partial charge in [-0.05, 0) is 6.08 Å². The maximum atomic E-state index is 12.2. The molecule has 0 aliphatic carbocycles. The summed E-state index contributed by atoms with van der Waals surface area (Å²) in [7, 11) is 1.85. The fourth-order valence-electron chi connectivity index (χ4n) is 2.41. The van der Waals surface area contributed by atoms with Gasteiger partial charge in [0.25, 0.3) is 0 Å². The van der Waals surface area contributed by atoms with E-state index in [0.29, 0.717) is 13.1 Å². The lowest BCUT2D eigenvalue weighted by molar-refractivity contribution is -0.126. The topological polar surface area (TPSA) is 67.2 Å². The molecule has 0 aromatic carbocycles. The molecule has 1 amide bonds. The van der Waals surface area contributed by atoms with E-state index in [9.17, 15) is 4.79 Å². The predicted octanol–water partition coefficient (Wildman–Crippen LogP) is 0.572. The molecular formula is C15H18N6O. The molecule has 1 aliphatic heterocycles. The smallest absolute Gasteiger partial charge is 0.246 e. The van der Waals surface area contributed by atoms with Gasteiger partial charge in [-0.25, -0.2) is 4.98 Å². The highest BCUT2D eigenvalue weighted by molar-refractivity contribution is 5.91. The first-order valence-corrected chi connectivity index (χ1v) is 7.19. The molecule has 7 nitrogen and oxygen atoms in total. The second kappa shape index (κ2) is 6.38. The first kappa shape index (κ1) is 14.2. The van der Waals surface area contributed by atoms with Crippen molar-refractivity contribution in [1.29, 1.82) is 0 Å². The minimum atomic E-state index is 0.0302. The summed E-state index contributed by atoms with van der Waals surface area (Å²) in [5.74, 6) is 0.892. The molecule has 0 N–H and O–H groups in total. The van der Waals surface area contributed by atoms with Crippen LogP contribution in [0.25, 0.3) is 6.08 Å². The van der Waals surface area contributed by atoms with Crippen molar-refractivity contribution >= 4 is 17.8 Å². The third-order valence-corrected chi connectivity index (χ3v) is 3.61. The SMILES string of the molecule is Cn1cc(C=CC(=O)N2CCN(c3cnccn3)CC2)cn1. The molecule has 3 rings (SSSR count). The molecule has 3 heterocycles. The molecule has 2 aromatic rings. The van der Waals surface area contributed by atoms with Crippen molar-refractivity contribution in [1.82, 2.24) is 24.6 Å². The monoisotopic (exact) mass is 298 g/mol. The molecule has 0 spiro atoms. The Morgan fingerprint density at radius 1 is 1.18 bits per heavy atom. The molecule has 1 fully saturated rings. The number of aromatic nitrogens is 4. The van der Waals surface area contributed by atoms with E-state index >= 15 is 0 Å². The van der Waals surface area contributed by atoms with Gasteiger partial charge in [0, 0.05) is 63.5 Å². The summed E-state index contributed by atoms with van der Waals surface area (Å²) >= 11 is 0. The third kappa shape index (κ3) is 3.30. The second-order valence-corrected chi connectivity index (χ2v) is 5.16. The third-order valence-electron chi connectivity index (χ3n) is 3.61. The quantitative estimate of drug-likeness (QED) is 0.775. The van der Waals surface area contributed by atoms with Gasteiger partial charge in [-0.15, -0.1) is 0 Å². The average Bonchev–Trinajstić information content (AvgIpc) is 2.99. The van der Waals surface area contributed by atoms with Crippen LogP contribution in [0.1, 0.15) is 5.56 Å². The highest BCUT2D eigenvalue weighted by atomic mass is 16.2. The van der Waals surface area contributed by atoms with Crippen LogP contribution in [0.2, 0.25) is 0 Å². The summed E-state index contributed by atoms with van der Waals surface area (Å²) < 4.78 is 1.71. The van der Waals surface area contributed by atoms with Crippen LogP contribution in [0.4, 0.5) is 5.82 Å². The number of hydrogen-bond donors (Lipinski definition) is 0. The number of rotatable bonds is 3. The zero-order valence-corrected chi connectivity index (χ0v) is 12.5. The Labute approximate surface area is 128 Å². The standard InChI is InChI=1S/C15H18N6O/c1-19-12-13(10-18-19)2-3-15(22)21-8-6-20(7-9-21)14-11-16-4-5-17-14/h2-5,10-12H,6-9H2,1H3. The van der Waals surface area contributed by atoms with Gasteiger partial charge in [0.15, 0.2) is 0 Å². The van der Waals surface area contributed by atoms with E-state index in [2.05, 4.69) is 20.0 Å². The largest absolute Gasteiger partial charge is 0.352 e. The summed E-state index contributed by atoms with van der Waals surface area (Å²) in [5, 5.41) is 4.07. The van der Waals surface area contributed by atoms with E-state index in [1.165, 1.54) is 0 Å². The van der Waals surface area contributed by atoms with Crippen molar-refractivity contribution in [2.75, 3.05) is 31.1 Å². The number of amides is 1. The van der Waals surface area contributed by atoms with E-state index < -0.39 is 0 Å². The van der Waals surface area contributed by atoms with Gasteiger partial charge in [0.2, 0.25) is 5.91 Å². The highest BCUT2D eigenvalue weighted by Gasteiger charge is 2.20. The number of aryl methyl sites for hydroxylation is 1. The molecule has 0 unspecified atom stereocenters. The maximum absolute atomic E-state index is 12.2. The van der Waals surface area contributed by atoms with E-state index in [0.717, 1.165) is 24.5 Å². The minimum absolute atomic E-state index is 0.0302. The molecule has 114 valence electrons. The fraction of sp³-hybridized carbons (Fsp3) is 0.333. The van der Waals surface area contributed by atoms with Gasteiger partial charge >= 0.3 is 0 Å². The van der Waals surface area contributed by atoms with Crippen LogP contribution in [-0.4, -0.2) is 56.7 Å². The second-order valence-electron chi connectivity index (χ2n) is 5.16. The molecule has 0 radical (unpaired) electrons. The molecule has 0 saturated carbocycles. The van der Waals surface area contributed by atoms with Crippen molar-refractivity contribution in [2.24, 2.45) is 7.05 Å². The van der Waals surface area contributed by atoms with Crippen LogP contribution >= 0.6 is 0 Å². The van der Waals surface area contributed by atoms with Gasteiger partial charge in [-0.3, -0.25) is 14.5 Å². The van der Waals surface area contributed by atoms with Crippen LogP contribution < -0.4 is 4.90 Å². The lowest BCUT2D eigenvalue weighted by Crippen LogP contribution is -2.48. The van der Waals surface area contributed by atoms with Crippen molar-refractivity contribution in [3.63, 3.8) is 0 Å². The van der Waals surface area contributed by atoms with Gasteiger partial charge < -0.3 is 9.80 Å². The molecule has 0 atom stereocenters. The van der Waals surface area contributed by atoms with E-state index in [1.54, 1.807) is 41.6 Å². The lowest BCUT2D eigenvalue weighted by Gasteiger charge is -2.34. The number of piperazine rings is 1. The Kier molecular flexibility index (Phi) is 4.13. The number of anilines is 1. The van der Waals surface area contributed by atoms with Crippen molar-refractivity contribution in [3.05, 3.63) is 42.6 Å². The van der Waals surface area contributed by atoms with Gasteiger partial charge in [0.05, 0.1) is 12.4 Å². The molecule has 1 saturated heterocycles. The lowest BCUT2D eigenvalue weighted by atomic mass is 10.2. The highest BCUT2D eigenvalue weighted by Crippen LogP contribution is 2.12. The minimum Gasteiger partial charge on any atom is -0.352 e. The zero-order chi connectivity index (χ0) is 15.4. The van der Waals surface area contributed by atoms with E-state index in [-0.39, 0.29) is 5.91 Å². The number of hydrogen-bond acceptors (Lipinski definition) is 5. The van der Waals surface area contributed by atoms with Crippen molar-refractivity contribution in [3.8, 4) is 0 Å². The molecule has 0 bridgehead atoms. The van der Waals surface area contributed by atoms with Gasteiger partial charge in [-0.2, -0.15) is 5.10 Å². The number of carbonyl (C=O) groups excluding carboxylic acids is 1. The Bertz CT molecular complexity index is 658. The van der Waals surface area contributed by atoms with Crippen molar-refractivity contribution in [2.45, 2.75) is 0 Å².